The van der Waals surface area contributed by atoms with Crippen molar-refractivity contribution in [2.45, 2.75) is 20.3 Å². The maximum Gasteiger partial charge on any atom is 0.253 e. The molecule has 0 atom stereocenters. The van der Waals surface area contributed by atoms with E-state index in [0.717, 1.165) is 37.3 Å². The molecule has 3 N–H and O–H groups in total. The van der Waals surface area contributed by atoms with Crippen LogP contribution in [0.4, 0.5) is 5.69 Å². The highest BCUT2D eigenvalue weighted by atomic mass is 16.2. The molecule has 1 aromatic carbocycles. The number of carbonyl (C=O) groups is 1. The van der Waals surface area contributed by atoms with Gasteiger partial charge in [0.2, 0.25) is 0 Å². The summed E-state index contributed by atoms with van der Waals surface area (Å²) >= 11 is 0. The molecular weight excluding hydrogens is 226 g/mol. The van der Waals surface area contributed by atoms with Crippen LogP contribution in [0.3, 0.4) is 0 Å². The van der Waals surface area contributed by atoms with Crippen LogP contribution in [-0.2, 0) is 0 Å². The Bertz CT molecular complexity index is 375. The lowest BCUT2D eigenvalue weighted by Gasteiger charge is -2.19. The Morgan fingerprint density at radius 1 is 1.33 bits per heavy atom. The lowest BCUT2D eigenvalue weighted by atomic mass is 10.1. The van der Waals surface area contributed by atoms with Gasteiger partial charge in [0.15, 0.2) is 0 Å². The molecule has 0 saturated heterocycles. The van der Waals surface area contributed by atoms with Crippen LogP contribution in [0.2, 0.25) is 0 Å². The van der Waals surface area contributed by atoms with Gasteiger partial charge in [-0.15, -0.1) is 0 Å². The lowest BCUT2D eigenvalue weighted by molar-refractivity contribution is 0.0773. The van der Waals surface area contributed by atoms with Crippen molar-refractivity contribution in [2.24, 2.45) is 5.73 Å². The van der Waals surface area contributed by atoms with Crippen LogP contribution >= 0.6 is 0 Å². The largest absolute Gasteiger partial charge is 0.385 e. The Labute approximate surface area is 109 Å². The molecule has 0 aliphatic carbocycles. The van der Waals surface area contributed by atoms with E-state index in [4.69, 9.17) is 5.73 Å². The van der Waals surface area contributed by atoms with E-state index < -0.39 is 0 Å². The Hall–Kier alpha value is -1.55. The van der Waals surface area contributed by atoms with E-state index >= 15 is 0 Å². The van der Waals surface area contributed by atoms with Crippen molar-refractivity contribution in [3.05, 3.63) is 29.8 Å². The summed E-state index contributed by atoms with van der Waals surface area (Å²) in [6.07, 6.45) is 0.925. The first-order valence-corrected chi connectivity index (χ1v) is 6.56. The van der Waals surface area contributed by atoms with Gasteiger partial charge in [-0.25, -0.2) is 0 Å². The van der Waals surface area contributed by atoms with Crippen molar-refractivity contribution in [1.82, 2.24) is 4.90 Å². The van der Waals surface area contributed by atoms with E-state index in [1.54, 1.807) is 0 Å². The molecule has 0 spiro atoms. The summed E-state index contributed by atoms with van der Waals surface area (Å²) in [6.45, 7) is 6.96. The van der Waals surface area contributed by atoms with Gasteiger partial charge in [-0.2, -0.15) is 0 Å². The lowest BCUT2D eigenvalue weighted by Crippen LogP contribution is -2.30. The SMILES string of the molecule is CCN(CC)C(=O)c1cccc(NCCCN)c1. The highest BCUT2D eigenvalue weighted by Gasteiger charge is 2.12. The van der Waals surface area contributed by atoms with E-state index in [-0.39, 0.29) is 5.91 Å². The zero-order valence-electron chi connectivity index (χ0n) is 11.3. The highest BCUT2D eigenvalue weighted by molar-refractivity contribution is 5.95. The van der Waals surface area contributed by atoms with Crippen molar-refractivity contribution in [3.8, 4) is 0 Å². The molecule has 0 unspecified atom stereocenters. The minimum absolute atomic E-state index is 0.0856. The Kier molecular flexibility index (Phi) is 6.22. The van der Waals surface area contributed by atoms with Crippen LogP contribution < -0.4 is 11.1 Å². The summed E-state index contributed by atoms with van der Waals surface area (Å²) < 4.78 is 0. The van der Waals surface area contributed by atoms with Crippen molar-refractivity contribution in [2.75, 3.05) is 31.5 Å². The van der Waals surface area contributed by atoms with Crippen LogP contribution in [-0.4, -0.2) is 37.0 Å². The number of hydrogen-bond donors (Lipinski definition) is 2. The predicted molar refractivity (Wildman–Crippen MR) is 75.9 cm³/mol. The normalized spacial score (nSPS) is 10.2. The van der Waals surface area contributed by atoms with Gasteiger partial charge in [0.05, 0.1) is 0 Å². The number of anilines is 1. The fourth-order valence-corrected chi connectivity index (χ4v) is 1.79. The van der Waals surface area contributed by atoms with Crippen molar-refractivity contribution in [1.29, 1.82) is 0 Å². The first-order valence-electron chi connectivity index (χ1n) is 6.56. The quantitative estimate of drug-likeness (QED) is 0.726. The minimum Gasteiger partial charge on any atom is -0.385 e. The van der Waals surface area contributed by atoms with Crippen molar-refractivity contribution < 1.29 is 4.79 Å². The van der Waals surface area contributed by atoms with E-state index in [1.165, 1.54) is 0 Å². The van der Waals surface area contributed by atoms with Crippen molar-refractivity contribution in [3.63, 3.8) is 0 Å². The standard InChI is InChI=1S/C14H23N3O/c1-3-17(4-2)14(18)12-7-5-8-13(11-12)16-10-6-9-15/h5,7-8,11,16H,3-4,6,9-10,15H2,1-2H3. The molecule has 0 heterocycles. The number of carbonyl (C=O) groups excluding carboxylic acids is 1. The summed E-state index contributed by atoms with van der Waals surface area (Å²) in [5, 5.41) is 3.27. The third-order valence-electron chi connectivity index (χ3n) is 2.87. The van der Waals surface area contributed by atoms with Gasteiger partial charge in [0.1, 0.15) is 0 Å². The summed E-state index contributed by atoms with van der Waals surface area (Å²) in [5.41, 5.74) is 7.15. The van der Waals surface area contributed by atoms with Gasteiger partial charge in [-0.1, -0.05) is 6.07 Å². The molecule has 0 radical (unpaired) electrons. The molecule has 0 fully saturated rings. The highest BCUT2D eigenvalue weighted by Crippen LogP contribution is 2.12. The maximum absolute atomic E-state index is 12.2. The second kappa shape index (κ2) is 7.71. The fraction of sp³-hybridized carbons (Fsp3) is 0.500. The average molecular weight is 249 g/mol. The number of amides is 1. The van der Waals surface area contributed by atoms with E-state index in [9.17, 15) is 4.79 Å². The van der Waals surface area contributed by atoms with Crippen LogP contribution in [0.1, 0.15) is 30.6 Å². The predicted octanol–water partition coefficient (Wildman–Crippen LogP) is 1.93. The first kappa shape index (κ1) is 14.5. The molecular formula is C14H23N3O. The molecule has 4 nitrogen and oxygen atoms in total. The molecule has 1 amide bonds. The van der Waals surface area contributed by atoms with E-state index in [0.29, 0.717) is 6.54 Å². The molecule has 0 saturated carbocycles. The molecule has 0 aromatic heterocycles. The molecule has 100 valence electrons. The summed E-state index contributed by atoms with van der Waals surface area (Å²) in [4.78, 5) is 14.0. The van der Waals surface area contributed by atoms with Crippen LogP contribution in [0.5, 0.6) is 0 Å². The van der Waals surface area contributed by atoms with Crippen LogP contribution in [0.25, 0.3) is 0 Å². The van der Waals surface area contributed by atoms with Crippen LogP contribution in [0, 0.1) is 0 Å². The Balaban J connectivity index is 2.71. The average Bonchev–Trinajstić information content (AvgIpc) is 2.41. The van der Waals surface area contributed by atoms with Crippen molar-refractivity contribution >= 4 is 11.6 Å². The molecule has 4 heteroatoms. The topological polar surface area (TPSA) is 58.4 Å². The van der Waals surface area contributed by atoms with Gasteiger partial charge >= 0.3 is 0 Å². The molecule has 0 bridgehead atoms. The molecule has 0 aliphatic heterocycles. The number of nitrogens with zero attached hydrogens (tertiary/aromatic N) is 1. The van der Waals surface area contributed by atoms with Gasteiger partial charge < -0.3 is 16.0 Å². The smallest absolute Gasteiger partial charge is 0.253 e. The van der Waals surface area contributed by atoms with Gasteiger partial charge in [0, 0.05) is 30.9 Å². The monoisotopic (exact) mass is 249 g/mol. The molecule has 0 aliphatic rings. The second-order valence-corrected chi connectivity index (χ2v) is 4.13. The third kappa shape index (κ3) is 4.04. The molecule has 1 rings (SSSR count). The third-order valence-corrected chi connectivity index (χ3v) is 2.87. The minimum atomic E-state index is 0.0856. The number of rotatable bonds is 7. The zero-order chi connectivity index (χ0) is 13.4. The molecule has 1 aromatic rings. The zero-order valence-corrected chi connectivity index (χ0v) is 11.3. The van der Waals surface area contributed by atoms with E-state index in [2.05, 4.69) is 5.32 Å². The van der Waals surface area contributed by atoms with Gasteiger partial charge in [-0.05, 0) is 45.0 Å². The summed E-state index contributed by atoms with van der Waals surface area (Å²) in [5.74, 6) is 0.0856. The Morgan fingerprint density at radius 2 is 2.06 bits per heavy atom. The number of benzene rings is 1. The van der Waals surface area contributed by atoms with Gasteiger partial charge in [-0.3, -0.25) is 4.79 Å². The fourth-order valence-electron chi connectivity index (χ4n) is 1.79. The number of nitrogens with one attached hydrogen (secondary N) is 1. The maximum atomic E-state index is 12.2. The number of nitrogens with two attached hydrogens (primary N) is 1. The summed E-state index contributed by atoms with van der Waals surface area (Å²) in [6, 6.07) is 7.63. The van der Waals surface area contributed by atoms with Crippen LogP contribution in [0.15, 0.2) is 24.3 Å². The summed E-state index contributed by atoms with van der Waals surface area (Å²) in [7, 11) is 0. The first-order chi connectivity index (χ1) is 8.72. The number of hydrogen-bond acceptors (Lipinski definition) is 3. The Morgan fingerprint density at radius 3 is 2.67 bits per heavy atom. The molecule has 18 heavy (non-hydrogen) atoms. The van der Waals surface area contributed by atoms with E-state index in [1.807, 2.05) is 43.0 Å². The van der Waals surface area contributed by atoms with Gasteiger partial charge in [0.25, 0.3) is 5.91 Å². The second-order valence-electron chi connectivity index (χ2n) is 4.13.